The van der Waals surface area contributed by atoms with Gasteiger partial charge < -0.3 is 9.64 Å². The maximum Gasteiger partial charge on any atom is 0.327 e. The van der Waals surface area contributed by atoms with Crippen molar-refractivity contribution < 1.29 is 9.53 Å². The monoisotopic (exact) mass is 306 g/mol. The Hall–Kier alpha value is -2.31. The Morgan fingerprint density at radius 3 is 2.68 bits per heavy atom. The third-order valence-electron chi connectivity index (χ3n) is 3.56. The lowest BCUT2D eigenvalue weighted by Crippen LogP contribution is -2.32. The Morgan fingerprint density at radius 2 is 2.09 bits per heavy atom. The number of ether oxygens (including phenoxy) is 1. The Morgan fingerprint density at radius 1 is 1.36 bits per heavy atom. The van der Waals surface area contributed by atoms with Crippen LogP contribution in [0.4, 0.5) is 5.95 Å². The molecule has 0 atom stereocenters. The fourth-order valence-electron chi connectivity index (χ4n) is 2.21. The number of aryl methyl sites for hydroxylation is 1. The van der Waals surface area contributed by atoms with Crippen LogP contribution in [-0.2, 0) is 22.5 Å². The minimum Gasteiger partial charge on any atom is -0.465 e. The highest BCUT2D eigenvalue weighted by Crippen LogP contribution is 2.14. The van der Waals surface area contributed by atoms with E-state index >= 15 is 0 Å². The minimum absolute atomic E-state index is 0.180. The van der Waals surface area contributed by atoms with Gasteiger partial charge in [0.25, 0.3) is 5.56 Å². The van der Waals surface area contributed by atoms with E-state index in [0.29, 0.717) is 11.5 Å². The molecular weight excluding hydrogens is 284 g/mol. The first-order valence-corrected chi connectivity index (χ1v) is 7.50. The molecule has 120 valence electrons. The highest BCUT2D eigenvalue weighted by Gasteiger charge is 2.16. The maximum absolute atomic E-state index is 12.5. The highest BCUT2D eigenvalue weighted by molar-refractivity contribution is 5.69. The number of carbonyl (C=O) groups is 1. The summed E-state index contributed by atoms with van der Waals surface area (Å²) in [6, 6.07) is 1.85. The van der Waals surface area contributed by atoms with Gasteiger partial charge in [-0.2, -0.15) is 0 Å². The van der Waals surface area contributed by atoms with Crippen molar-refractivity contribution in [1.29, 1.82) is 0 Å². The van der Waals surface area contributed by atoms with E-state index in [2.05, 4.69) is 5.10 Å². The molecule has 0 N–H and O–H groups in total. The average molecular weight is 306 g/mol. The molecule has 0 saturated carbocycles. The van der Waals surface area contributed by atoms with Crippen LogP contribution in [0.5, 0.6) is 0 Å². The van der Waals surface area contributed by atoms with Crippen molar-refractivity contribution >= 4 is 17.4 Å². The summed E-state index contributed by atoms with van der Waals surface area (Å²) < 4.78 is 7.87. The van der Waals surface area contributed by atoms with E-state index < -0.39 is 5.97 Å². The normalized spacial score (nSPS) is 10.9. The molecule has 22 heavy (non-hydrogen) atoms. The number of anilines is 1. The molecule has 0 spiro atoms. The van der Waals surface area contributed by atoms with Crippen LogP contribution in [0.1, 0.15) is 26.3 Å². The van der Waals surface area contributed by atoms with Crippen LogP contribution in [-0.4, -0.2) is 40.3 Å². The van der Waals surface area contributed by atoms with Crippen molar-refractivity contribution in [2.45, 2.75) is 33.7 Å². The number of hydrogen-bond donors (Lipinski definition) is 0. The van der Waals surface area contributed by atoms with E-state index in [-0.39, 0.29) is 18.7 Å². The van der Waals surface area contributed by atoms with Crippen molar-refractivity contribution in [2.24, 2.45) is 0 Å². The minimum atomic E-state index is -0.464. The number of hydrogen-bond acceptors (Lipinski definition) is 5. The standard InChI is InChI=1S/C15H22N4O3/c1-5-11-8-12-14(21)19(10-13(20)22-7-3)16-15(17(4)6-2)18(12)9-11/h8-9H,5-7,10H2,1-4H3. The molecule has 0 amide bonds. The molecule has 0 unspecified atom stereocenters. The van der Waals surface area contributed by atoms with E-state index in [9.17, 15) is 9.59 Å². The van der Waals surface area contributed by atoms with Crippen LogP contribution in [0.25, 0.3) is 5.52 Å². The molecule has 2 aromatic rings. The molecule has 2 heterocycles. The molecule has 0 saturated heterocycles. The van der Waals surface area contributed by atoms with Gasteiger partial charge in [0.1, 0.15) is 12.1 Å². The first-order chi connectivity index (χ1) is 10.5. The molecule has 2 aromatic heterocycles. The van der Waals surface area contributed by atoms with Gasteiger partial charge in [-0.25, -0.2) is 4.68 Å². The quantitative estimate of drug-likeness (QED) is 0.747. The summed E-state index contributed by atoms with van der Waals surface area (Å²) in [6.45, 7) is 6.59. The van der Waals surface area contributed by atoms with Gasteiger partial charge in [-0.05, 0) is 31.9 Å². The van der Waals surface area contributed by atoms with Gasteiger partial charge in [0.2, 0.25) is 5.95 Å². The van der Waals surface area contributed by atoms with Crippen LogP contribution >= 0.6 is 0 Å². The van der Waals surface area contributed by atoms with Crippen molar-refractivity contribution in [3.05, 3.63) is 28.2 Å². The summed E-state index contributed by atoms with van der Waals surface area (Å²) in [7, 11) is 1.90. The predicted octanol–water partition coefficient (Wildman–Crippen LogP) is 1.08. The number of carbonyl (C=O) groups excluding carboxylic acids is 1. The molecule has 7 nitrogen and oxygen atoms in total. The van der Waals surface area contributed by atoms with E-state index in [1.807, 2.05) is 38.1 Å². The van der Waals surface area contributed by atoms with E-state index in [4.69, 9.17) is 4.74 Å². The summed E-state index contributed by atoms with van der Waals surface area (Å²) in [6.07, 6.45) is 2.74. The molecule has 0 fully saturated rings. The molecule has 0 aliphatic carbocycles. The second kappa shape index (κ2) is 6.64. The lowest BCUT2D eigenvalue weighted by Gasteiger charge is -2.18. The topological polar surface area (TPSA) is 68.8 Å². The number of nitrogens with zero attached hydrogens (tertiary/aromatic N) is 4. The molecule has 0 bridgehead atoms. The first kappa shape index (κ1) is 16.1. The van der Waals surface area contributed by atoms with Crippen molar-refractivity contribution in [2.75, 3.05) is 25.1 Å². The zero-order chi connectivity index (χ0) is 16.3. The van der Waals surface area contributed by atoms with Crippen molar-refractivity contribution in [3.8, 4) is 0 Å². The molecule has 0 aromatic carbocycles. The molecule has 0 radical (unpaired) electrons. The Bertz CT molecular complexity index is 732. The molecule has 7 heteroatoms. The summed E-state index contributed by atoms with van der Waals surface area (Å²) >= 11 is 0. The molecule has 2 rings (SSSR count). The van der Waals surface area contributed by atoms with Gasteiger partial charge >= 0.3 is 5.97 Å². The van der Waals surface area contributed by atoms with Gasteiger partial charge in [-0.15, -0.1) is 5.10 Å². The third-order valence-corrected chi connectivity index (χ3v) is 3.56. The average Bonchev–Trinajstić information content (AvgIpc) is 2.94. The summed E-state index contributed by atoms with van der Waals surface area (Å²) in [5.74, 6) is 0.162. The summed E-state index contributed by atoms with van der Waals surface area (Å²) in [5.41, 5.74) is 1.28. The first-order valence-electron chi connectivity index (χ1n) is 7.50. The van der Waals surface area contributed by atoms with E-state index in [1.54, 1.807) is 11.3 Å². The summed E-state index contributed by atoms with van der Waals surface area (Å²) in [5, 5.41) is 4.33. The van der Waals surface area contributed by atoms with E-state index in [1.165, 1.54) is 4.68 Å². The zero-order valence-corrected chi connectivity index (χ0v) is 13.5. The fourth-order valence-corrected chi connectivity index (χ4v) is 2.21. The Kier molecular flexibility index (Phi) is 4.85. The predicted molar refractivity (Wildman–Crippen MR) is 84.4 cm³/mol. The molecule has 0 aliphatic heterocycles. The van der Waals surface area contributed by atoms with Crippen molar-refractivity contribution in [1.82, 2.24) is 14.2 Å². The SMILES string of the molecule is CCOC(=O)Cn1nc(N(C)CC)n2cc(CC)cc2c1=O. The highest BCUT2D eigenvalue weighted by atomic mass is 16.5. The van der Waals surface area contributed by atoms with Crippen LogP contribution in [0.2, 0.25) is 0 Å². The third kappa shape index (κ3) is 2.98. The number of rotatable bonds is 6. The molecule has 0 aliphatic rings. The number of fused-ring (bicyclic) bond motifs is 1. The maximum atomic E-state index is 12.5. The van der Waals surface area contributed by atoms with Gasteiger partial charge in [0, 0.05) is 19.8 Å². The lowest BCUT2D eigenvalue weighted by molar-refractivity contribution is -0.144. The fraction of sp³-hybridized carbons (Fsp3) is 0.533. The van der Waals surface area contributed by atoms with Crippen LogP contribution in [0.15, 0.2) is 17.1 Å². The number of esters is 1. The van der Waals surface area contributed by atoms with Gasteiger partial charge in [-0.1, -0.05) is 6.92 Å². The Balaban J connectivity index is 2.60. The smallest absolute Gasteiger partial charge is 0.327 e. The largest absolute Gasteiger partial charge is 0.465 e. The zero-order valence-electron chi connectivity index (χ0n) is 13.5. The van der Waals surface area contributed by atoms with Gasteiger partial charge in [0.05, 0.1) is 6.61 Å². The van der Waals surface area contributed by atoms with Crippen LogP contribution < -0.4 is 10.5 Å². The second-order valence-corrected chi connectivity index (χ2v) is 5.04. The van der Waals surface area contributed by atoms with Gasteiger partial charge in [-0.3, -0.25) is 14.0 Å². The van der Waals surface area contributed by atoms with Gasteiger partial charge in [0.15, 0.2) is 0 Å². The number of aromatic nitrogens is 3. The second-order valence-electron chi connectivity index (χ2n) is 5.04. The summed E-state index contributed by atoms with van der Waals surface area (Å²) in [4.78, 5) is 26.1. The van der Waals surface area contributed by atoms with E-state index in [0.717, 1.165) is 18.5 Å². The van der Waals surface area contributed by atoms with Crippen molar-refractivity contribution in [3.63, 3.8) is 0 Å². The Labute approximate surface area is 129 Å². The van der Waals surface area contributed by atoms with Crippen LogP contribution in [0.3, 0.4) is 0 Å². The molecular formula is C15H22N4O3. The lowest BCUT2D eigenvalue weighted by atomic mass is 10.3. The van der Waals surface area contributed by atoms with Crippen LogP contribution in [0, 0.1) is 0 Å².